The number of carboxylic acids is 1. The molecule has 0 unspecified atom stereocenters. The van der Waals surface area contributed by atoms with Crippen LogP contribution in [0.25, 0.3) is 0 Å². The molecule has 0 aromatic carbocycles. The summed E-state index contributed by atoms with van der Waals surface area (Å²) in [6, 6.07) is 0. The van der Waals surface area contributed by atoms with Crippen molar-refractivity contribution in [3.63, 3.8) is 0 Å². The number of rotatable bonds is 3. The van der Waals surface area contributed by atoms with E-state index < -0.39 is 5.97 Å². The van der Waals surface area contributed by atoms with Gasteiger partial charge in [-0.1, -0.05) is 6.92 Å². The zero-order valence-corrected chi connectivity index (χ0v) is 7.87. The zero-order chi connectivity index (χ0) is 10.0. The SMILES string of the molecule is CCc1c(C(=O)O)nn(C)c1OC. The first kappa shape index (κ1) is 9.57. The predicted molar refractivity (Wildman–Crippen MR) is 46.1 cm³/mol. The molecule has 0 aliphatic carbocycles. The number of aromatic nitrogens is 2. The average molecular weight is 184 g/mol. The van der Waals surface area contributed by atoms with E-state index in [0.29, 0.717) is 17.9 Å². The van der Waals surface area contributed by atoms with Gasteiger partial charge in [0.05, 0.1) is 7.11 Å². The summed E-state index contributed by atoms with van der Waals surface area (Å²) in [5.41, 5.74) is 0.708. The molecule has 0 spiro atoms. The maximum absolute atomic E-state index is 10.7. The molecule has 1 rings (SSSR count). The maximum Gasteiger partial charge on any atom is 0.356 e. The van der Waals surface area contributed by atoms with Crippen LogP contribution in [0.3, 0.4) is 0 Å². The number of hydrogen-bond donors (Lipinski definition) is 1. The summed E-state index contributed by atoms with van der Waals surface area (Å²) in [5.74, 6) is -0.504. The number of carbonyl (C=O) groups is 1. The van der Waals surface area contributed by atoms with Crippen molar-refractivity contribution >= 4 is 5.97 Å². The summed E-state index contributed by atoms with van der Waals surface area (Å²) in [5, 5.41) is 12.6. The van der Waals surface area contributed by atoms with Gasteiger partial charge in [0.25, 0.3) is 0 Å². The van der Waals surface area contributed by atoms with Crippen LogP contribution in [0.5, 0.6) is 5.88 Å². The Hall–Kier alpha value is -1.52. The molecule has 0 aliphatic heterocycles. The predicted octanol–water partition coefficient (Wildman–Crippen LogP) is 0.689. The van der Waals surface area contributed by atoms with Crippen molar-refractivity contribution in [1.82, 2.24) is 9.78 Å². The van der Waals surface area contributed by atoms with Gasteiger partial charge in [0.1, 0.15) is 0 Å². The lowest BCUT2D eigenvalue weighted by atomic mass is 10.2. The number of methoxy groups -OCH3 is 1. The first-order valence-corrected chi connectivity index (χ1v) is 3.95. The number of nitrogens with zero attached hydrogens (tertiary/aromatic N) is 2. The molecule has 1 N–H and O–H groups in total. The fourth-order valence-corrected chi connectivity index (χ4v) is 1.30. The molecule has 1 heterocycles. The van der Waals surface area contributed by atoms with Crippen LogP contribution in [0.1, 0.15) is 23.0 Å². The highest BCUT2D eigenvalue weighted by Gasteiger charge is 2.19. The third kappa shape index (κ3) is 1.49. The lowest BCUT2D eigenvalue weighted by Gasteiger charge is -2.01. The largest absolute Gasteiger partial charge is 0.481 e. The van der Waals surface area contributed by atoms with E-state index in [1.165, 1.54) is 11.8 Å². The molecule has 0 fully saturated rings. The molecule has 1 aromatic rings. The van der Waals surface area contributed by atoms with Gasteiger partial charge >= 0.3 is 5.97 Å². The normalized spacial score (nSPS) is 10.1. The molecule has 0 amide bonds. The monoisotopic (exact) mass is 184 g/mol. The minimum absolute atomic E-state index is 0.0712. The van der Waals surface area contributed by atoms with Crippen LogP contribution in [-0.4, -0.2) is 28.0 Å². The van der Waals surface area contributed by atoms with Crippen LogP contribution < -0.4 is 4.74 Å². The van der Waals surface area contributed by atoms with Gasteiger partial charge in [0, 0.05) is 12.6 Å². The molecule has 0 atom stereocenters. The summed E-state index contributed by atoms with van der Waals surface area (Å²) in [6.07, 6.45) is 0.596. The molecule has 13 heavy (non-hydrogen) atoms. The summed E-state index contributed by atoms with van der Waals surface area (Å²) >= 11 is 0. The minimum atomic E-state index is -1.02. The Morgan fingerprint density at radius 3 is 2.69 bits per heavy atom. The Morgan fingerprint density at radius 2 is 2.31 bits per heavy atom. The average Bonchev–Trinajstić information content (AvgIpc) is 2.41. The molecule has 5 nitrogen and oxygen atoms in total. The standard InChI is InChI=1S/C8H12N2O3/c1-4-5-6(8(11)12)9-10(2)7(5)13-3/h4H2,1-3H3,(H,11,12). The van der Waals surface area contributed by atoms with E-state index in [2.05, 4.69) is 5.10 Å². The van der Waals surface area contributed by atoms with Gasteiger partial charge in [-0.2, -0.15) is 5.10 Å². The number of ether oxygens (including phenoxy) is 1. The van der Waals surface area contributed by atoms with Crippen molar-refractivity contribution in [2.45, 2.75) is 13.3 Å². The van der Waals surface area contributed by atoms with E-state index in [9.17, 15) is 4.79 Å². The van der Waals surface area contributed by atoms with Gasteiger partial charge in [0.15, 0.2) is 5.69 Å². The van der Waals surface area contributed by atoms with Crippen molar-refractivity contribution in [3.8, 4) is 5.88 Å². The van der Waals surface area contributed by atoms with E-state index in [1.807, 2.05) is 6.92 Å². The molecule has 5 heteroatoms. The summed E-state index contributed by atoms with van der Waals surface area (Å²) in [4.78, 5) is 10.7. The van der Waals surface area contributed by atoms with Gasteiger partial charge in [-0.15, -0.1) is 0 Å². The maximum atomic E-state index is 10.7. The number of carboxylic acid groups (broad SMARTS) is 1. The summed E-state index contributed by atoms with van der Waals surface area (Å²) in [7, 11) is 3.16. The molecular weight excluding hydrogens is 172 g/mol. The van der Waals surface area contributed by atoms with Crippen molar-refractivity contribution < 1.29 is 14.6 Å². The Kier molecular flexibility index (Phi) is 2.55. The lowest BCUT2D eigenvalue weighted by Crippen LogP contribution is -2.01. The van der Waals surface area contributed by atoms with Crippen molar-refractivity contribution in [2.24, 2.45) is 7.05 Å². The zero-order valence-electron chi connectivity index (χ0n) is 7.87. The Balaban J connectivity index is 3.29. The second-order valence-corrected chi connectivity index (χ2v) is 2.62. The fourth-order valence-electron chi connectivity index (χ4n) is 1.30. The molecule has 72 valence electrons. The number of aryl methyl sites for hydroxylation is 1. The highest BCUT2D eigenvalue weighted by atomic mass is 16.5. The second kappa shape index (κ2) is 3.47. The van der Waals surface area contributed by atoms with Crippen LogP contribution in [0.4, 0.5) is 0 Å². The summed E-state index contributed by atoms with van der Waals surface area (Å²) < 4.78 is 6.47. The number of aromatic carboxylic acids is 1. The summed E-state index contributed by atoms with van der Waals surface area (Å²) in [6.45, 7) is 1.87. The van der Waals surface area contributed by atoms with E-state index in [0.717, 1.165) is 0 Å². The smallest absolute Gasteiger partial charge is 0.356 e. The van der Waals surface area contributed by atoms with Crippen LogP contribution in [-0.2, 0) is 13.5 Å². The molecule has 0 saturated heterocycles. The van der Waals surface area contributed by atoms with Crippen molar-refractivity contribution in [3.05, 3.63) is 11.3 Å². The first-order chi connectivity index (χ1) is 6.11. The third-order valence-corrected chi connectivity index (χ3v) is 1.84. The van der Waals surface area contributed by atoms with Gasteiger partial charge in [-0.05, 0) is 6.42 Å². The quantitative estimate of drug-likeness (QED) is 0.750. The van der Waals surface area contributed by atoms with E-state index in [4.69, 9.17) is 9.84 Å². The second-order valence-electron chi connectivity index (χ2n) is 2.62. The fraction of sp³-hybridized carbons (Fsp3) is 0.500. The van der Waals surface area contributed by atoms with E-state index >= 15 is 0 Å². The Labute approximate surface area is 75.9 Å². The highest BCUT2D eigenvalue weighted by molar-refractivity contribution is 5.87. The molecular formula is C8H12N2O3. The van der Waals surface area contributed by atoms with Crippen molar-refractivity contribution in [2.75, 3.05) is 7.11 Å². The van der Waals surface area contributed by atoms with Crippen LogP contribution in [0.2, 0.25) is 0 Å². The van der Waals surface area contributed by atoms with Gasteiger partial charge in [0.2, 0.25) is 5.88 Å². The van der Waals surface area contributed by atoms with Gasteiger partial charge in [-0.3, -0.25) is 0 Å². The third-order valence-electron chi connectivity index (χ3n) is 1.84. The molecule has 0 radical (unpaired) electrons. The Morgan fingerprint density at radius 1 is 1.69 bits per heavy atom. The van der Waals surface area contributed by atoms with Crippen LogP contribution in [0, 0.1) is 0 Å². The minimum Gasteiger partial charge on any atom is -0.481 e. The topological polar surface area (TPSA) is 64.3 Å². The van der Waals surface area contributed by atoms with E-state index in [-0.39, 0.29) is 5.69 Å². The van der Waals surface area contributed by atoms with Crippen LogP contribution >= 0.6 is 0 Å². The Bertz CT molecular complexity index is 330. The molecule has 0 saturated carbocycles. The molecule has 1 aromatic heterocycles. The van der Waals surface area contributed by atoms with Crippen molar-refractivity contribution in [1.29, 1.82) is 0 Å². The molecule has 0 aliphatic rings. The van der Waals surface area contributed by atoms with Gasteiger partial charge in [-0.25, -0.2) is 9.48 Å². The first-order valence-electron chi connectivity index (χ1n) is 3.95. The number of hydrogen-bond acceptors (Lipinski definition) is 3. The highest BCUT2D eigenvalue weighted by Crippen LogP contribution is 2.21. The van der Waals surface area contributed by atoms with E-state index in [1.54, 1.807) is 7.05 Å². The van der Waals surface area contributed by atoms with Crippen LogP contribution in [0.15, 0.2) is 0 Å². The lowest BCUT2D eigenvalue weighted by molar-refractivity contribution is 0.0688. The molecule has 0 bridgehead atoms. The van der Waals surface area contributed by atoms with Gasteiger partial charge < -0.3 is 9.84 Å².